The zero-order valence-corrected chi connectivity index (χ0v) is 16.4. The molecule has 0 saturated heterocycles. The van der Waals surface area contributed by atoms with Crippen molar-refractivity contribution >= 4 is 34.3 Å². The van der Waals surface area contributed by atoms with Crippen molar-refractivity contribution in [2.45, 2.75) is 18.9 Å². The lowest BCUT2D eigenvalue weighted by Crippen LogP contribution is -2.31. The van der Waals surface area contributed by atoms with Crippen LogP contribution in [0.15, 0.2) is 58.5 Å². The standard InChI is InChI=1S/C20H19N3O5S/c1-27-18(25)11-15(13-6-3-2-4-7-13)22-17(24)10-14-12-29-20(21-14)23-19(26)16-8-5-9-28-16/h2-9,12,15H,10-11H2,1H3,(H,22,24)(H,21,23,26). The number of anilines is 1. The number of methoxy groups -OCH3 is 1. The highest BCUT2D eigenvalue weighted by atomic mass is 32.1. The summed E-state index contributed by atoms with van der Waals surface area (Å²) in [6, 6.07) is 11.8. The number of furan rings is 1. The molecular formula is C20H19N3O5S. The van der Waals surface area contributed by atoms with Crippen molar-refractivity contribution in [1.29, 1.82) is 0 Å². The zero-order valence-electron chi connectivity index (χ0n) is 15.6. The van der Waals surface area contributed by atoms with Crippen LogP contribution in [0.25, 0.3) is 0 Å². The lowest BCUT2D eigenvalue weighted by molar-refractivity contribution is -0.141. The maximum atomic E-state index is 12.5. The molecule has 0 radical (unpaired) electrons. The predicted molar refractivity (Wildman–Crippen MR) is 106 cm³/mol. The van der Waals surface area contributed by atoms with Gasteiger partial charge in [0.1, 0.15) is 0 Å². The van der Waals surface area contributed by atoms with Crippen LogP contribution in [0, 0.1) is 0 Å². The van der Waals surface area contributed by atoms with E-state index in [0.29, 0.717) is 10.8 Å². The fraction of sp³-hybridized carbons (Fsp3) is 0.200. The third kappa shape index (κ3) is 5.76. The zero-order chi connectivity index (χ0) is 20.6. The van der Waals surface area contributed by atoms with Crippen LogP contribution in [0.5, 0.6) is 0 Å². The van der Waals surface area contributed by atoms with Crippen molar-refractivity contribution in [3.63, 3.8) is 0 Å². The summed E-state index contributed by atoms with van der Waals surface area (Å²) in [5, 5.41) is 7.52. The molecule has 0 spiro atoms. The number of amides is 2. The Hall–Kier alpha value is -3.46. The van der Waals surface area contributed by atoms with Crippen LogP contribution in [0.2, 0.25) is 0 Å². The molecule has 1 atom stereocenters. The Morgan fingerprint density at radius 3 is 2.66 bits per heavy atom. The average Bonchev–Trinajstić information content (AvgIpc) is 3.40. The van der Waals surface area contributed by atoms with Gasteiger partial charge in [0.25, 0.3) is 5.91 Å². The molecule has 3 rings (SSSR count). The molecule has 0 aliphatic carbocycles. The van der Waals surface area contributed by atoms with Gasteiger partial charge >= 0.3 is 5.97 Å². The van der Waals surface area contributed by atoms with Gasteiger partial charge in [0.2, 0.25) is 5.91 Å². The minimum Gasteiger partial charge on any atom is -0.469 e. The van der Waals surface area contributed by atoms with E-state index in [1.54, 1.807) is 17.5 Å². The molecule has 2 aromatic heterocycles. The molecule has 0 saturated carbocycles. The second-order valence-electron chi connectivity index (χ2n) is 6.06. The lowest BCUT2D eigenvalue weighted by atomic mass is 10.0. The summed E-state index contributed by atoms with van der Waals surface area (Å²) >= 11 is 1.21. The minimum absolute atomic E-state index is 0.0115. The van der Waals surface area contributed by atoms with Crippen LogP contribution in [-0.2, 0) is 20.7 Å². The highest BCUT2D eigenvalue weighted by Gasteiger charge is 2.20. The van der Waals surface area contributed by atoms with Gasteiger partial charge in [-0.2, -0.15) is 0 Å². The predicted octanol–water partition coefficient (Wildman–Crippen LogP) is 2.95. The number of thiazole rings is 1. The molecule has 0 aliphatic rings. The molecule has 2 heterocycles. The van der Waals surface area contributed by atoms with Crippen molar-refractivity contribution in [3.8, 4) is 0 Å². The number of hydrogen-bond donors (Lipinski definition) is 2. The molecular weight excluding hydrogens is 394 g/mol. The van der Waals surface area contributed by atoms with Crippen molar-refractivity contribution in [2.24, 2.45) is 0 Å². The number of esters is 1. The first-order chi connectivity index (χ1) is 14.0. The minimum atomic E-state index is -0.507. The molecule has 9 heteroatoms. The van der Waals surface area contributed by atoms with E-state index in [-0.39, 0.29) is 24.5 Å². The number of benzene rings is 1. The third-order valence-electron chi connectivity index (χ3n) is 3.99. The van der Waals surface area contributed by atoms with Gasteiger partial charge in [0.05, 0.1) is 38.0 Å². The second-order valence-corrected chi connectivity index (χ2v) is 6.92. The number of nitrogens with zero attached hydrogens (tertiary/aromatic N) is 1. The quantitative estimate of drug-likeness (QED) is 0.550. The second kappa shape index (κ2) is 9.65. The van der Waals surface area contributed by atoms with E-state index in [0.717, 1.165) is 5.56 Å². The summed E-state index contributed by atoms with van der Waals surface area (Å²) in [5.74, 6) is -0.955. The smallest absolute Gasteiger partial charge is 0.307 e. The molecule has 0 bridgehead atoms. The first-order valence-corrected chi connectivity index (χ1v) is 9.63. The number of hydrogen-bond acceptors (Lipinski definition) is 7. The molecule has 3 aromatic rings. The first-order valence-electron chi connectivity index (χ1n) is 8.75. The molecule has 8 nitrogen and oxygen atoms in total. The molecule has 29 heavy (non-hydrogen) atoms. The monoisotopic (exact) mass is 413 g/mol. The van der Waals surface area contributed by atoms with E-state index in [1.807, 2.05) is 30.3 Å². The van der Waals surface area contributed by atoms with Crippen LogP contribution in [0.3, 0.4) is 0 Å². The maximum absolute atomic E-state index is 12.5. The Bertz CT molecular complexity index is 969. The van der Waals surface area contributed by atoms with Crippen molar-refractivity contribution in [3.05, 3.63) is 71.1 Å². The van der Waals surface area contributed by atoms with Gasteiger partial charge in [0.15, 0.2) is 10.9 Å². The van der Waals surface area contributed by atoms with Gasteiger partial charge in [-0.15, -0.1) is 11.3 Å². The van der Waals surface area contributed by atoms with Crippen LogP contribution >= 0.6 is 11.3 Å². The summed E-state index contributed by atoms with van der Waals surface area (Å²) in [5.41, 5.74) is 1.31. The topological polar surface area (TPSA) is 111 Å². The van der Waals surface area contributed by atoms with Gasteiger partial charge in [-0.05, 0) is 17.7 Å². The van der Waals surface area contributed by atoms with Gasteiger partial charge in [-0.1, -0.05) is 30.3 Å². The SMILES string of the molecule is COC(=O)CC(NC(=O)Cc1csc(NC(=O)c2ccco2)n1)c1ccccc1. The van der Waals surface area contributed by atoms with Gasteiger partial charge in [-0.25, -0.2) is 4.98 Å². The molecule has 2 amide bonds. The van der Waals surface area contributed by atoms with E-state index >= 15 is 0 Å². The fourth-order valence-electron chi connectivity index (χ4n) is 2.61. The number of aromatic nitrogens is 1. The Morgan fingerprint density at radius 1 is 1.17 bits per heavy atom. The Balaban J connectivity index is 1.60. The summed E-state index contributed by atoms with van der Waals surface area (Å²) < 4.78 is 9.75. The fourth-order valence-corrected chi connectivity index (χ4v) is 3.31. The lowest BCUT2D eigenvalue weighted by Gasteiger charge is -2.18. The molecule has 0 fully saturated rings. The van der Waals surface area contributed by atoms with E-state index in [4.69, 9.17) is 9.15 Å². The number of carbonyl (C=O) groups is 3. The Morgan fingerprint density at radius 2 is 1.97 bits per heavy atom. The average molecular weight is 413 g/mol. The van der Waals surface area contributed by atoms with Gasteiger partial charge in [0, 0.05) is 5.38 Å². The number of rotatable bonds is 8. The van der Waals surface area contributed by atoms with Crippen LogP contribution in [0.1, 0.15) is 34.3 Å². The normalized spacial score (nSPS) is 11.5. The Kier molecular flexibility index (Phi) is 6.75. The summed E-state index contributed by atoms with van der Waals surface area (Å²) in [6.07, 6.45) is 1.44. The van der Waals surface area contributed by atoms with Crippen molar-refractivity contribution in [2.75, 3.05) is 12.4 Å². The van der Waals surface area contributed by atoms with Crippen molar-refractivity contribution in [1.82, 2.24) is 10.3 Å². The van der Waals surface area contributed by atoms with E-state index in [1.165, 1.54) is 24.7 Å². The summed E-state index contributed by atoms with van der Waals surface area (Å²) in [7, 11) is 1.31. The largest absolute Gasteiger partial charge is 0.469 e. The molecule has 2 N–H and O–H groups in total. The van der Waals surface area contributed by atoms with Crippen molar-refractivity contribution < 1.29 is 23.5 Å². The number of carbonyl (C=O) groups excluding carboxylic acids is 3. The van der Waals surface area contributed by atoms with Crippen LogP contribution < -0.4 is 10.6 Å². The highest BCUT2D eigenvalue weighted by molar-refractivity contribution is 7.14. The van der Waals surface area contributed by atoms with Gasteiger partial charge < -0.3 is 14.5 Å². The molecule has 0 aliphatic heterocycles. The molecule has 1 unspecified atom stereocenters. The van der Waals surface area contributed by atoms with E-state index < -0.39 is 17.9 Å². The summed E-state index contributed by atoms with van der Waals surface area (Å²) in [6.45, 7) is 0. The molecule has 1 aromatic carbocycles. The van der Waals surface area contributed by atoms with E-state index in [2.05, 4.69) is 15.6 Å². The third-order valence-corrected chi connectivity index (χ3v) is 4.80. The molecule has 150 valence electrons. The van der Waals surface area contributed by atoms with Crippen LogP contribution in [0.4, 0.5) is 5.13 Å². The maximum Gasteiger partial charge on any atom is 0.307 e. The summed E-state index contributed by atoms with van der Waals surface area (Å²) in [4.78, 5) is 40.4. The van der Waals surface area contributed by atoms with E-state index in [9.17, 15) is 14.4 Å². The highest BCUT2D eigenvalue weighted by Crippen LogP contribution is 2.19. The first kappa shape index (κ1) is 20.3. The van der Waals surface area contributed by atoms with Crippen LogP contribution in [-0.4, -0.2) is 29.9 Å². The number of nitrogens with one attached hydrogen (secondary N) is 2. The number of ether oxygens (including phenoxy) is 1. The Labute approximate surface area is 170 Å². The van der Waals surface area contributed by atoms with Gasteiger partial charge in [-0.3, -0.25) is 19.7 Å².